The molecule has 1 aliphatic rings. The van der Waals surface area contributed by atoms with E-state index in [0.29, 0.717) is 48.5 Å². The van der Waals surface area contributed by atoms with E-state index in [1.54, 1.807) is 25.3 Å². The highest BCUT2D eigenvalue weighted by Gasteiger charge is 2.17. The van der Waals surface area contributed by atoms with Gasteiger partial charge in [0, 0.05) is 24.2 Å². The van der Waals surface area contributed by atoms with Crippen molar-refractivity contribution < 1.29 is 19.0 Å². The average Bonchev–Trinajstić information content (AvgIpc) is 3.06. The van der Waals surface area contributed by atoms with Gasteiger partial charge in [-0.25, -0.2) is 4.98 Å². The van der Waals surface area contributed by atoms with Gasteiger partial charge in [-0.05, 0) is 36.4 Å². The Kier molecular flexibility index (Phi) is 5.75. The van der Waals surface area contributed by atoms with Crippen LogP contribution in [0.1, 0.15) is 10.4 Å². The Balaban J connectivity index is 1.53. The summed E-state index contributed by atoms with van der Waals surface area (Å²) < 4.78 is 18.3. The predicted molar refractivity (Wildman–Crippen MR) is 109 cm³/mol. The summed E-state index contributed by atoms with van der Waals surface area (Å²) in [4.78, 5) is 17.3. The van der Waals surface area contributed by atoms with Crippen molar-refractivity contribution in [3.05, 3.63) is 47.0 Å². The molecule has 1 aromatic heterocycles. The highest BCUT2D eigenvalue weighted by atomic mass is 35.5. The van der Waals surface area contributed by atoms with E-state index in [-0.39, 0.29) is 11.5 Å². The van der Waals surface area contributed by atoms with E-state index >= 15 is 0 Å². The summed E-state index contributed by atoms with van der Waals surface area (Å²) in [5, 5.41) is 1.40. The van der Waals surface area contributed by atoms with Crippen LogP contribution in [-0.2, 0) is 11.3 Å². The number of ether oxygens (including phenoxy) is 3. The summed E-state index contributed by atoms with van der Waals surface area (Å²) in [6.07, 6.45) is 0. The van der Waals surface area contributed by atoms with Crippen LogP contribution in [0.25, 0.3) is 11.0 Å². The van der Waals surface area contributed by atoms with Crippen LogP contribution in [0, 0.1) is 0 Å². The topological polar surface area (TPSA) is 62.6 Å². The summed E-state index contributed by atoms with van der Waals surface area (Å²) in [5.41, 5.74) is 2.37. The SMILES string of the molecule is COCCn1c(SCC(=O)c2ccc3c(c2)OCCO3)nc2cc(Cl)ccc21. The Bertz CT molecular complexity index is 1020. The predicted octanol–water partition coefficient (Wildman–Crippen LogP) is 4.08. The number of carbonyl (C=O) groups is 1. The molecule has 8 heteroatoms. The molecule has 0 radical (unpaired) electrons. The number of nitrogens with zero attached hydrogens (tertiary/aromatic N) is 2. The van der Waals surface area contributed by atoms with Crippen molar-refractivity contribution in [1.82, 2.24) is 9.55 Å². The Morgan fingerprint density at radius 3 is 2.86 bits per heavy atom. The smallest absolute Gasteiger partial charge is 0.173 e. The number of carbonyl (C=O) groups excluding carboxylic acids is 1. The minimum Gasteiger partial charge on any atom is -0.486 e. The molecule has 0 saturated heterocycles. The van der Waals surface area contributed by atoms with Gasteiger partial charge >= 0.3 is 0 Å². The summed E-state index contributed by atoms with van der Waals surface area (Å²) in [5.74, 6) is 1.56. The molecule has 0 saturated carbocycles. The number of thioether (sulfide) groups is 1. The molecule has 0 N–H and O–H groups in total. The molecule has 0 amide bonds. The number of fused-ring (bicyclic) bond motifs is 2. The fourth-order valence-corrected chi connectivity index (χ4v) is 4.12. The van der Waals surface area contributed by atoms with Gasteiger partial charge in [0.2, 0.25) is 0 Å². The van der Waals surface area contributed by atoms with Crippen molar-refractivity contribution in [2.24, 2.45) is 0 Å². The zero-order valence-corrected chi connectivity index (χ0v) is 16.9. The molecule has 4 rings (SSSR count). The molecule has 0 bridgehead atoms. The number of hydrogen-bond donors (Lipinski definition) is 0. The maximum Gasteiger partial charge on any atom is 0.173 e. The lowest BCUT2D eigenvalue weighted by molar-refractivity contribution is 0.102. The first-order valence-corrected chi connectivity index (χ1v) is 10.2. The fraction of sp³-hybridized carbons (Fsp3) is 0.300. The molecule has 1 aliphatic heterocycles. The van der Waals surface area contributed by atoms with Crippen molar-refractivity contribution in [1.29, 1.82) is 0 Å². The Morgan fingerprint density at radius 1 is 1.21 bits per heavy atom. The fourth-order valence-electron chi connectivity index (χ4n) is 3.02. The van der Waals surface area contributed by atoms with Gasteiger partial charge in [0.05, 0.1) is 23.4 Å². The summed E-state index contributed by atoms with van der Waals surface area (Å²) in [6, 6.07) is 10.9. The van der Waals surface area contributed by atoms with Gasteiger partial charge in [-0.1, -0.05) is 23.4 Å². The molecular weight excluding hydrogens is 400 g/mol. The first-order chi connectivity index (χ1) is 13.7. The van der Waals surface area contributed by atoms with Gasteiger partial charge in [0.1, 0.15) is 13.2 Å². The number of halogens is 1. The maximum atomic E-state index is 12.7. The molecule has 3 aromatic rings. The molecule has 28 heavy (non-hydrogen) atoms. The van der Waals surface area contributed by atoms with Gasteiger partial charge in [0.25, 0.3) is 0 Å². The molecule has 0 spiro atoms. The second kappa shape index (κ2) is 8.43. The largest absolute Gasteiger partial charge is 0.486 e. The van der Waals surface area contributed by atoms with Gasteiger partial charge in [-0.15, -0.1) is 0 Å². The minimum absolute atomic E-state index is 0.00496. The van der Waals surface area contributed by atoms with Crippen LogP contribution >= 0.6 is 23.4 Å². The van der Waals surface area contributed by atoms with Crippen LogP contribution in [0.2, 0.25) is 5.02 Å². The number of ketones is 1. The van der Waals surface area contributed by atoms with E-state index < -0.39 is 0 Å². The molecule has 0 unspecified atom stereocenters. The molecule has 2 aromatic carbocycles. The van der Waals surface area contributed by atoms with Gasteiger partial charge in [0.15, 0.2) is 22.4 Å². The normalized spacial score (nSPS) is 13.1. The maximum absolute atomic E-state index is 12.7. The third-order valence-corrected chi connectivity index (χ3v) is 5.60. The summed E-state index contributed by atoms with van der Waals surface area (Å²) in [6.45, 7) is 2.22. The number of hydrogen-bond acceptors (Lipinski definition) is 6. The lowest BCUT2D eigenvalue weighted by Crippen LogP contribution is -2.16. The highest BCUT2D eigenvalue weighted by molar-refractivity contribution is 7.99. The number of aromatic nitrogens is 2. The van der Waals surface area contributed by atoms with Gasteiger partial charge in [-0.3, -0.25) is 4.79 Å². The molecule has 0 fully saturated rings. The lowest BCUT2D eigenvalue weighted by atomic mass is 10.1. The first kappa shape index (κ1) is 19.1. The number of methoxy groups -OCH3 is 1. The molecular formula is C20H19ClN2O4S. The Morgan fingerprint density at radius 2 is 2.04 bits per heavy atom. The zero-order valence-electron chi connectivity index (χ0n) is 15.3. The monoisotopic (exact) mass is 418 g/mol. The highest BCUT2D eigenvalue weighted by Crippen LogP contribution is 2.32. The van der Waals surface area contributed by atoms with E-state index in [2.05, 4.69) is 9.55 Å². The van der Waals surface area contributed by atoms with Gasteiger partial charge < -0.3 is 18.8 Å². The standard InChI is InChI=1S/C20H19ClN2O4S/c1-25-7-6-23-16-4-3-14(21)11-15(16)22-20(23)28-12-17(24)13-2-5-18-19(10-13)27-9-8-26-18/h2-5,10-11H,6-9,12H2,1H3. The van der Waals surface area contributed by atoms with E-state index in [1.165, 1.54) is 11.8 Å². The van der Waals surface area contributed by atoms with Crippen molar-refractivity contribution in [2.75, 3.05) is 32.7 Å². The van der Waals surface area contributed by atoms with Crippen molar-refractivity contribution in [2.45, 2.75) is 11.7 Å². The molecule has 6 nitrogen and oxygen atoms in total. The Hall–Kier alpha value is -2.22. The van der Waals surface area contributed by atoms with Crippen LogP contribution in [0.4, 0.5) is 0 Å². The molecule has 2 heterocycles. The molecule has 146 valence electrons. The van der Waals surface area contributed by atoms with E-state index in [4.69, 9.17) is 25.8 Å². The second-order valence-corrected chi connectivity index (χ2v) is 7.62. The number of Topliss-reactive ketones (excluding diaryl/α,β-unsaturated/α-hetero) is 1. The van der Waals surface area contributed by atoms with E-state index in [0.717, 1.165) is 16.2 Å². The lowest BCUT2D eigenvalue weighted by Gasteiger charge is -2.18. The number of rotatable bonds is 7. The van der Waals surface area contributed by atoms with Crippen LogP contribution < -0.4 is 9.47 Å². The summed E-state index contributed by atoms with van der Waals surface area (Å²) in [7, 11) is 1.66. The van der Waals surface area contributed by atoms with E-state index in [9.17, 15) is 4.79 Å². The van der Waals surface area contributed by atoms with Crippen LogP contribution in [0.5, 0.6) is 11.5 Å². The van der Waals surface area contributed by atoms with Crippen LogP contribution in [0.15, 0.2) is 41.6 Å². The molecule has 0 atom stereocenters. The van der Waals surface area contributed by atoms with Crippen LogP contribution in [-0.4, -0.2) is 48.0 Å². The third kappa shape index (κ3) is 3.97. The van der Waals surface area contributed by atoms with Crippen molar-refractivity contribution in [3.63, 3.8) is 0 Å². The zero-order chi connectivity index (χ0) is 19.5. The van der Waals surface area contributed by atoms with Crippen molar-refractivity contribution >= 4 is 40.2 Å². The quantitative estimate of drug-likeness (QED) is 0.425. The van der Waals surface area contributed by atoms with Crippen LogP contribution in [0.3, 0.4) is 0 Å². The van der Waals surface area contributed by atoms with E-state index in [1.807, 2.05) is 18.2 Å². The van der Waals surface area contributed by atoms with Crippen molar-refractivity contribution in [3.8, 4) is 11.5 Å². The molecule has 0 aliphatic carbocycles. The first-order valence-electron chi connectivity index (χ1n) is 8.86. The second-order valence-electron chi connectivity index (χ2n) is 6.24. The Labute approximate surface area is 171 Å². The third-order valence-electron chi connectivity index (χ3n) is 4.39. The minimum atomic E-state index is 0.00496. The summed E-state index contributed by atoms with van der Waals surface area (Å²) >= 11 is 7.49. The number of imidazole rings is 1. The number of benzene rings is 2. The van der Waals surface area contributed by atoms with Gasteiger partial charge in [-0.2, -0.15) is 0 Å². The average molecular weight is 419 g/mol.